The van der Waals surface area contributed by atoms with Crippen LogP contribution in [0.5, 0.6) is 6.01 Å². The van der Waals surface area contributed by atoms with Gasteiger partial charge in [-0.15, -0.1) is 0 Å². The molecule has 0 bridgehead atoms. The van der Waals surface area contributed by atoms with E-state index < -0.39 is 5.82 Å². The van der Waals surface area contributed by atoms with Crippen molar-refractivity contribution in [1.82, 2.24) is 9.97 Å². The Morgan fingerprint density at radius 2 is 2.00 bits per heavy atom. The van der Waals surface area contributed by atoms with Crippen LogP contribution in [0.4, 0.5) is 10.2 Å². The normalized spacial score (nSPS) is 10.3. The van der Waals surface area contributed by atoms with Crippen LogP contribution in [0.2, 0.25) is 0 Å². The van der Waals surface area contributed by atoms with Gasteiger partial charge < -0.3 is 10.5 Å². The lowest BCUT2D eigenvalue weighted by atomic mass is 10.1. The first kappa shape index (κ1) is 12.3. The first-order valence-electron chi connectivity index (χ1n) is 5.70. The van der Waals surface area contributed by atoms with Gasteiger partial charge in [0, 0.05) is 0 Å². The third-order valence-corrected chi connectivity index (χ3v) is 2.43. The lowest BCUT2D eigenvalue weighted by Gasteiger charge is -2.05. The molecular weight excluding hydrogens is 233 g/mol. The minimum absolute atomic E-state index is 0.113. The van der Waals surface area contributed by atoms with E-state index in [0.29, 0.717) is 6.61 Å². The third-order valence-electron chi connectivity index (χ3n) is 2.43. The molecule has 1 aromatic heterocycles. The lowest BCUT2D eigenvalue weighted by molar-refractivity contribution is 0.286. The Balaban J connectivity index is 1.77. The summed E-state index contributed by atoms with van der Waals surface area (Å²) in [6.07, 6.45) is 2.76. The number of hydrogen-bond acceptors (Lipinski definition) is 4. The molecule has 4 nitrogen and oxygen atoms in total. The zero-order chi connectivity index (χ0) is 12.8. The molecule has 94 valence electrons. The molecule has 0 fully saturated rings. The maximum atomic E-state index is 12.8. The van der Waals surface area contributed by atoms with Crippen LogP contribution in [0.15, 0.2) is 36.5 Å². The second kappa shape index (κ2) is 5.95. The van der Waals surface area contributed by atoms with E-state index in [2.05, 4.69) is 22.1 Å². The maximum absolute atomic E-state index is 12.8. The minimum atomic E-state index is -0.633. The topological polar surface area (TPSA) is 61.0 Å². The van der Waals surface area contributed by atoms with E-state index in [4.69, 9.17) is 10.5 Å². The minimum Gasteiger partial charge on any atom is -0.463 e. The highest BCUT2D eigenvalue weighted by Gasteiger charge is 2.03. The fourth-order valence-corrected chi connectivity index (χ4v) is 1.52. The zero-order valence-electron chi connectivity index (χ0n) is 9.84. The van der Waals surface area contributed by atoms with E-state index in [9.17, 15) is 4.39 Å². The Kier molecular flexibility index (Phi) is 4.06. The number of anilines is 1. The van der Waals surface area contributed by atoms with Crippen LogP contribution in [0.1, 0.15) is 12.0 Å². The summed E-state index contributed by atoms with van der Waals surface area (Å²) < 4.78 is 18.1. The summed E-state index contributed by atoms with van der Waals surface area (Å²) in [4.78, 5) is 7.38. The molecule has 18 heavy (non-hydrogen) atoms. The fourth-order valence-electron chi connectivity index (χ4n) is 1.52. The van der Waals surface area contributed by atoms with Crippen molar-refractivity contribution in [3.63, 3.8) is 0 Å². The molecule has 1 heterocycles. The van der Waals surface area contributed by atoms with Crippen LogP contribution in [0.25, 0.3) is 0 Å². The highest BCUT2D eigenvalue weighted by atomic mass is 19.1. The Labute approximate surface area is 105 Å². The molecule has 2 rings (SSSR count). The summed E-state index contributed by atoms with van der Waals surface area (Å²) in [6.45, 7) is 0.472. The predicted octanol–water partition coefficient (Wildman–Crippen LogP) is 2.21. The van der Waals surface area contributed by atoms with Crippen LogP contribution >= 0.6 is 0 Å². The van der Waals surface area contributed by atoms with Crippen molar-refractivity contribution in [2.75, 3.05) is 12.3 Å². The van der Waals surface area contributed by atoms with Crippen LogP contribution in [0, 0.1) is 5.82 Å². The summed E-state index contributed by atoms with van der Waals surface area (Å²) in [5.41, 5.74) is 6.56. The molecule has 0 amide bonds. The van der Waals surface area contributed by atoms with E-state index in [1.54, 1.807) is 0 Å². The number of aromatic nitrogens is 2. The number of nitrogens with two attached hydrogens (primary N) is 1. The zero-order valence-corrected chi connectivity index (χ0v) is 9.84. The maximum Gasteiger partial charge on any atom is 0.318 e. The van der Waals surface area contributed by atoms with Gasteiger partial charge in [0.05, 0.1) is 12.8 Å². The standard InChI is InChI=1S/C13H14FN3O/c14-11-9-16-13(17-12(11)15)18-8-4-7-10-5-2-1-3-6-10/h1-3,5-6,9H,4,7-8H2,(H2,15,16,17). The molecular formula is C13H14FN3O. The van der Waals surface area contributed by atoms with Gasteiger partial charge in [0.15, 0.2) is 11.6 Å². The molecule has 0 unspecified atom stereocenters. The Morgan fingerprint density at radius 3 is 2.72 bits per heavy atom. The summed E-state index contributed by atoms with van der Waals surface area (Å²) in [6, 6.07) is 10.2. The molecule has 0 aliphatic carbocycles. The summed E-state index contributed by atoms with van der Waals surface area (Å²) >= 11 is 0. The highest BCUT2D eigenvalue weighted by molar-refractivity contribution is 5.29. The van der Waals surface area contributed by atoms with E-state index in [0.717, 1.165) is 19.0 Å². The van der Waals surface area contributed by atoms with Crippen molar-refractivity contribution in [2.45, 2.75) is 12.8 Å². The number of aryl methyl sites for hydroxylation is 1. The van der Waals surface area contributed by atoms with Gasteiger partial charge in [0.2, 0.25) is 0 Å². The molecule has 1 aromatic carbocycles. The van der Waals surface area contributed by atoms with Gasteiger partial charge in [-0.2, -0.15) is 4.98 Å². The van der Waals surface area contributed by atoms with Crippen LogP contribution in [0.3, 0.4) is 0 Å². The van der Waals surface area contributed by atoms with Gasteiger partial charge in [-0.25, -0.2) is 9.37 Å². The largest absolute Gasteiger partial charge is 0.463 e. The lowest BCUT2D eigenvalue weighted by Crippen LogP contribution is -2.05. The number of hydrogen-bond donors (Lipinski definition) is 1. The predicted molar refractivity (Wildman–Crippen MR) is 66.7 cm³/mol. The molecule has 2 N–H and O–H groups in total. The molecule has 0 saturated carbocycles. The molecule has 0 spiro atoms. The van der Waals surface area contributed by atoms with Crippen LogP contribution < -0.4 is 10.5 Å². The quantitative estimate of drug-likeness (QED) is 0.823. The van der Waals surface area contributed by atoms with Crippen molar-refractivity contribution in [1.29, 1.82) is 0 Å². The van der Waals surface area contributed by atoms with Crippen molar-refractivity contribution in [2.24, 2.45) is 0 Å². The Hall–Kier alpha value is -2.17. The molecule has 5 heteroatoms. The number of benzene rings is 1. The molecule has 0 atom stereocenters. The van der Waals surface area contributed by atoms with E-state index >= 15 is 0 Å². The number of nitrogens with zero attached hydrogens (tertiary/aromatic N) is 2. The fraction of sp³-hybridized carbons (Fsp3) is 0.231. The number of ether oxygens (including phenoxy) is 1. The van der Waals surface area contributed by atoms with Crippen molar-refractivity contribution < 1.29 is 9.13 Å². The smallest absolute Gasteiger partial charge is 0.318 e. The molecule has 0 aliphatic rings. The van der Waals surface area contributed by atoms with E-state index in [-0.39, 0.29) is 11.8 Å². The SMILES string of the molecule is Nc1nc(OCCCc2ccccc2)ncc1F. The van der Waals surface area contributed by atoms with Crippen molar-refractivity contribution in [3.8, 4) is 6.01 Å². The van der Waals surface area contributed by atoms with E-state index in [1.165, 1.54) is 5.56 Å². The number of nitrogen functional groups attached to an aromatic ring is 1. The molecule has 0 radical (unpaired) electrons. The number of halogens is 1. The average molecular weight is 247 g/mol. The van der Waals surface area contributed by atoms with Crippen molar-refractivity contribution in [3.05, 3.63) is 47.9 Å². The van der Waals surface area contributed by atoms with Gasteiger partial charge >= 0.3 is 6.01 Å². The van der Waals surface area contributed by atoms with Crippen LogP contribution in [-0.2, 0) is 6.42 Å². The first-order chi connectivity index (χ1) is 8.75. The summed E-state index contributed by atoms with van der Waals surface area (Å²) in [7, 11) is 0. The first-order valence-corrected chi connectivity index (χ1v) is 5.70. The second-order valence-corrected chi connectivity index (χ2v) is 3.82. The Bertz CT molecular complexity index is 505. The molecule has 2 aromatic rings. The van der Waals surface area contributed by atoms with Crippen LogP contribution in [-0.4, -0.2) is 16.6 Å². The van der Waals surface area contributed by atoms with Crippen molar-refractivity contribution >= 4 is 5.82 Å². The van der Waals surface area contributed by atoms with Gasteiger partial charge in [-0.3, -0.25) is 0 Å². The number of rotatable bonds is 5. The Morgan fingerprint density at radius 1 is 1.22 bits per heavy atom. The van der Waals surface area contributed by atoms with E-state index in [1.807, 2.05) is 18.2 Å². The summed E-state index contributed by atoms with van der Waals surface area (Å²) in [5, 5.41) is 0. The monoisotopic (exact) mass is 247 g/mol. The van der Waals surface area contributed by atoms with Gasteiger partial charge in [-0.1, -0.05) is 30.3 Å². The molecule has 0 aliphatic heterocycles. The van der Waals surface area contributed by atoms with Gasteiger partial charge in [0.25, 0.3) is 0 Å². The van der Waals surface area contributed by atoms with Gasteiger partial charge in [-0.05, 0) is 18.4 Å². The average Bonchev–Trinajstić information content (AvgIpc) is 2.40. The summed E-state index contributed by atoms with van der Waals surface area (Å²) in [5.74, 6) is -0.824. The second-order valence-electron chi connectivity index (χ2n) is 3.82. The van der Waals surface area contributed by atoms with Gasteiger partial charge in [0.1, 0.15) is 0 Å². The highest BCUT2D eigenvalue weighted by Crippen LogP contribution is 2.10. The molecule has 0 saturated heterocycles. The third kappa shape index (κ3) is 3.41.